The summed E-state index contributed by atoms with van der Waals surface area (Å²) in [6.07, 6.45) is 5.67. The highest BCUT2D eigenvalue weighted by molar-refractivity contribution is 6.42. The predicted molar refractivity (Wildman–Crippen MR) is 131 cm³/mol. The van der Waals surface area contributed by atoms with Crippen molar-refractivity contribution in [3.05, 3.63) is 64.8 Å². The van der Waals surface area contributed by atoms with E-state index in [4.69, 9.17) is 33.0 Å². The SMILES string of the molecule is COc1ccc(N2CCN([C@H]3CC[C@H](n4ccc(-c5ccc(Cl)c(Cl)c5)n4)C3)CC2)cc1. The number of methoxy groups -OCH3 is 1. The molecule has 2 atom stereocenters. The molecule has 3 aromatic rings. The second kappa shape index (κ2) is 9.34. The molecule has 1 saturated heterocycles. The van der Waals surface area contributed by atoms with E-state index < -0.39 is 0 Å². The van der Waals surface area contributed by atoms with Crippen LogP contribution in [0.3, 0.4) is 0 Å². The van der Waals surface area contributed by atoms with Gasteiger partial charge in [-0.05, 0) is 61.7 Å². The van der Waals surface area contributed by atoms with E-state index in [2.05, 4.69) is 38.9 Å². The Morgan fingerprint density at radius 3 is 2.34 bits per heavy atom. The molecule has 168 valence electrons. The average molecular weight is 471 g/mol. The molecule has 2 aliphatic rings. The average Bonchev–Trinajstić information content (AvgIpc) is 3.51. The van der Waals surface area contributed by atoms with Gasteiger partial charge in [0.2, 0.25) is 0 Å². The minimum absolute atomic E-state index is 0.455. The molecule has 1 saturated carbocycles. The first kappa shape index (κ1) is 21.6. The van der Waals surface area contributed by atoms with Crippen molar-refractivity contribution in [2.75, 3.05) is 38.2 Å². The zero-order chi connectivity index (χ0) is 22.1. The highest BCUT2D eigenvalue weighted by Gasteiger charge is 2.32. The Labute approximate surface area is 199 Å². The molecule has 2 fully saturated rings. The second-order valence-electron chi connectivity index (χ2n) is 8.65. The first-order valence-corrected chi connectivity index (χ1v) is 12.0. The minimum atomic E-state index is 0.455. The van der Waals surface area contributed by atoms with Crippen molar-refractivity contribution in [1.29, 1.82) is 0 Å². The van der Waals surface area contributed by atoms with E-state index in [-0.39, 0.29) is 0 Å². The zero-order valence-electron chi connectivity index (χ0n) is 18.3. The van der Waals surface area contributed by atoms with Crippen molar-refractivity contribution in [3.8, 4) is 17.0 Å². The van der Waals surface area contributed by atoms with Gasteiger partial charge in [0.1, 0.15) is 5.75 Å². The van der Waals surface area contributed by atoms with E-state index in [1.807, 2.05) is 30.3 Å². The van der Waals surface area contributed by atoms with Crippen molar-refractivity contribution >= 4 is 28.9 Å². The van der Waals surface area contributed by atoms with Crippen LogP contribution in [-0.4, -0.2) is 54.0 Å². The van der Waals surface area contributed by atoms with Gasteiger partial charge in [0.25, 0.3) is 0 Å². The van der Waals surface area contributed by atoms with Crippen molar-refractivity contribution in [2.45, 2.75) is 31.3 Å². The summed E-state index contributed by atoms with van der Waals surface area (Å²) in [5.41, 5.74) is 3.23. The van der Waals surface area contributed by atoms with Crippen LogP contribution in [-0.2, 0) is 0 Å². The van der Waals surface area contributed by atoms with E-state index in [0.29, 0.717) is 22.1 Å². The van der Waals surface area contributed by atoms with E-state index >= 15 is 0 Å². The summed E-state index contributed by atoms with van der Waals surface area (Å²) in [5, 5.41) is 5.99. The summed E-state index contributed by atoms with van der Waals surface area (Å²) in [6.45, 7) is 4.35. The maximum absolute atomic E-state index is 6.18. The van der Waals surface area contributed by atoms with Crippen molar-refractivity contribution in [2.24, 2.45) is 0 Å². The number of nitrogens with zero attached hydrogens (tertiary/aromatic N) is 4. The Morgan fingerprint density at radius 2 is 1.62 bits per heavy atom. The largest absolute Gasteiger partial charge is 0.497 e. The third-order valence-corrected chi connectivity index (χ3v) is 7.58. The molecule has 2 aromatic carbocycles. The van der Waals surface area contributed by atoms with E-state index in [1.165, 1.54) is 18.5 Å². The number of anilines is 1. The summed E-state index contributed by atoms with van der Waals surface area (Å²) in [5.74, 6) is 0.908. The maximum Gasteiger partial charge on any atom is 0.119 e. The Bertz CT molecular complexity index is 1060. The van der Waals surface area contributed by atoms with Crippen LogP contribution in [0.5, 0.6) is 5.75 Å². The topological polar surface area (TPSA) is 33.5 Å². The van der Waals surface area contributed by atoms with Crippen molar-refractivity contribution < 1.29 is 4.74 Å². The molecule has 0 radical (unpaired) electrons. The van der Waals surface area contributed by atoms with Crippen LogP contribution in [0, 0.1) is 0 Å². The third-order valence-electron chi connectivity index (χ3n) is 6.84. The Morgan fingerprint density at radius 1 is 0.875 bits per heavy atom. The number of benzene rings is 2. The summed E-state index contributed by atoms with van der Waals surface area (Å²) < 4.78 is 7.42. The summed E-state index contributed by atoms with van der Waals surface area (Å²) in [7, 11) is 1.71. The van der Waals surface area contributed by atoms with E-state index in [0.717, 1.165) is 49.6 Å². The fraction of sp³-hybridized carbons (Fsp3) is 0.400. The van der Waals surface area contributed by atoms with E-state index in [1.54, 1.807) is 7.11 Å². The van der Waals surface area contributed by atoms with Gasteiger partial charge in [-0.1, -0.05) is 29.3 Å². The normalized spacial score (nSPS) is 21.8. The number of ether oxygens (including phenoxy) is 1. The molecular formula is C25H28Cl2N4O. The first-order chi connectivity index (χ1) is 15.6. The fourth-order valence-corrected chi connectivity index (χ4v) is 5.29. The molecule has 2 heterocycles. The maximum atomic E-state index is 6.18. The van der Waals surface area contributed by atoms with Crippen molar-refractivity contribution in [1.82, 2.24) is 14.7 Å². The third kappa shape index (κ3) is 4.47. The lowest BCUT2D eigenvalue weighted by molar-refractivity contribution is 0.183. The number of piperazine rings is 1. The van der Waals surface area contributed by atoms with E-state index in [9.17, 15) is 0 Å². The van der Waals surface area contributed by atoms with Gasteiger partial charge >= 0.3 is 0 Å². The van der Waals surface area contributed by atoms with Gasteiger partial charge in [-0.2, -0.15) is 5.10 Å². The minimum Gasteiger partial charge on any atom is -0.497 e. The van der Waals surface area contributed by atoms with Crippen LogP contribution in [0.4, 0.5) is 5.69 Å². The molecule has 5 rings (SSSR count). The van der Waals surface area contributed by atoms with Gasteiger partial charge in [-0.3, -0.25) is 9.58 Å². The Hall–Kier alpha value is -2.21. The number of rotatable bonds is 5. The lowest BCUT2D eigenvalue weighted by Crippen LogP contribution is -2.49. The molecule has 0 amide bonds. The number of aromatic nitrogens is 2. The standard InChI is InChI=1S/C25H28Cl2N4O/c1-32-22-7-5-19(6-8-22)29-12-14-30(15-13-29)20-3-4-21(17-20)31-11-10-25(28-31)18-2-9-23(26)24(27)16-18/h2,5-11,16,20-21H,3-4,12-15,17H2,1H3/t20-,21-/m0/s1. The Kier molecular flexibility index (Phi) is 6.31. The predicted octanol–water partition coefficient (Wildman–Crippen LogP) is 5.78. The van der Waals surface area contributed by atoms with Crippen molar-refractivity contribution in [3.63, 3.8) is 0 Å². The van der Waals surface area contributed by atoms with Gasteiger partial charge < -0.3 is 9.64 Å². The van der Waals surface area contributed by atoms with Gasteiger partial charge in [0.05, 0.1) is 28.9 Å². The van der Waals surface area contributed by atoms with Crippen LogP contribution < -0.4 is 9.64 Å². The molecular weight excluding hydrogens is 443 g/mol. The highest BCUT2D eigenvalue weighted by atomic mass is 35.5. The second-order valence-corrected chi connectivity index (χ2v) is 9.47. The molecule has 0 spiro atoms. The molecule has 0 unspecified atom stereocenters. The highest BCUT2D eigenvalue weighted by Crippen LogP contribution is 2.35. The molecule has 1 aromatic heterocycles. The number of hydrogen-bond acceptors (Lipinski definition) is 4. The fourth-order valence-electron chi connectivity index (χ4n) is 5.00. The lowest BCUT2D eigenvalue weighted by Gasteiger charge is -2.39. The Balaban J connectivity index is 1.17. The van der Waals surface area contributed by atoms with Crippen LogP contribution in [0.15, 0.2) is 54.7 Å². The number of hydrogen-bond donors (Lipinski definition) is 0. The van der Waals surface area contributed by atoms with Gasteiger partial charge in [0.15, 0.2) is 0 Å². The molecule has 1 aliphatic heterocycles. The monoisotopic (exact) mass is 470 g/mol. The number of halogens is 2. The zero-order valence-corrected chi connectivity index (χ0v) is 19.8. The van der Waals surface area contributed by atoms with Crippen LogP contribution in [0.2, 0.25) is 10.0 Å². The molecule has 7 heteroatoms. The first-order valence-electron chi connectivity index (χ1n) is 11.2. The summed E-state index contributed by atoms with van der Waals surface area (Å²) in [4.78, 5) is 5.14. The lowest BCUT2D eigenvalue weighted by atomic mass is 10.1. The van der Waals surface area contributed by atoms with Gasteiger partial charge in [0, 0.05) is 49.7 Å². The van der Waals surface area contributed by atoms with Gasteiger partial charge in [-0.25, -0.2) is 0 Å². The van der Waals surface area contributed by atoms with Crippen LogP contribution in [0.25, 0.3) is 11.3 Å². The van der Waals surface area contributed by atoms with Crippen LogP contribution >= 0.6 is 23.2 Å². The quantitative estimate of drug-likeness (QED) is 0.472. The van der Waals surface area contributed by atoms with Crippen LogP contribution in [0.1, 0.15) is 25.3 Å². The van der Waals surface area contributed by atoms with Gasteiger partial charge in [-0.15, -0.1) is 0 Å². The summed E-state index contributed by atoms with van der Waals surface area (Å²) >= 11 is 12.2. The molecule has 0 bridgehead atoms. The smallest absolute Gasteiger partial charge is 0.119 e. The summed E-state index contributed by atoms with van der Waals surface area (Å²) in [6, 6.07) is 17.2. The molecule has 5 nitrogen and oxygen atoms in total. The molecule has 0 N–H and O–H groups in total. The molecule has 1 aliphatic carbocycles. The molecule has 32 heavy (non-hydrogen) atoms.